The zero-order valence-corrected chi connectivity index (χ0v) is 7.15. The number of hydrogen-bond donors (Lipinski definition) is 0. The molecule has 0 nitrogen and oxygen atoms in total. The molecule has 0 aromatic rings. The molecule has 1 unspecified atom stereocenters. The lowest BCUT2D eigenvalue weighted by atomic mass is 10.5. The molecule has 0 bridgehead atoms. The summed E-state index contributed by atoms with van der Waals surface area (Å²) in [5.74, 6) is 4.37. The highest BCUT2D eigenvalue weighted by Crippen LogP contribution is 2.34. The lowest BCUT2D eigenvalue weighted by Gasteiger charge is -1.99. The van der Waals surface area contributed by atoms with Crippen molar-refractivity contribution in [3.63, 3.8) is 0 Å². The Balaban J connectivity index is 2.76. The van der Waals surface area contributed by atoms with Crippen molar-refractivity contribution in [2.75, 3.05) is 0 Å². The molecule has 0 spiro atoms. The van der Waals surface area contributed by atoms with Crippen LogP contribution in [0.5, 0.6) is 0 Å². The minimum absolute atomic E-state index is 0.146. The summed E-state index contributed by atoms with van der Waals surface area (Å²) in [4.78, 5) is 0. The van der Waals surface area contributed by atoms with Crippen LogP contribution in [0.1, 0.15) is 0 Å². The van der Waals surface area contributed by atoms with E-state index in [1.165, 1.54) is 13.3 Å². The Hall–Kier alpha value is -0.530. The van der Waals surface area contributed by atoms with Crippen LogP contribution in [-0.2, 0) is 0 Å². The van der Waals surface area contributed by atoms with Crippen molar-refractivity contribution in [2.45, 2.75) is 0 Å². The van der Waals surface area contributed by atoms with Crippen molar-refractivity contribution >= 4 is 32.4 Å². The fourth-order valence-corrected chi connectivity index (χ4v) is 3.66. The van der Waals surface area contributed by atoms with E-state index < -0.39 is 0 Å². The van der Waals surface area contributed by atoms with Crippen molar-refractivity contribution in [1.29, 1.82) is 0 Å². The van der Waals surface area contributed by atoms with E-state index in [0.717, 1.165) is 0 Å². The van der Waals surface area contributed by atoms with Crippen LogP contribution in [0.3, 0.4) is 0 Å². The van der Waals surface area contributed by atoms with Crippen LogP contribution in [0.15, 0.2) is 29.4 Å². The number of rotatable bonds is 0. The lowest BCUT2D eigenvalue weighted by Crippen LogP contribution is -1.74. The van der Waals surface area contributed by atoms with E-state index in [1.54, 1.807) is 0 Å². The van der Waals surface area contributed by atoms with Gasteiger partial charge in [-0.2, -0.15) is 0 Å². The van der Waals surface area contributed by atoms with E-state index in [-0.39, 0.29) is 7.17 Å². The van der Waals surface area contributed by atoms with E-state index in [0.29, 0.717) is 0 Å². The zero-order valence-electron chi connectivity index (χ0n) is 5.36. The topological polar surface area (TPSA) is 0 Å². The van der Waals surface area contributed by atoms with Crippen molar-refractivity contribution in [1.82, 2.24) is 0 Å². The average Bonchev–Trinajstić information content (AvgIpc) is 2.05. The van der Waals surface area contributed by atoms with Gasteiger partial charge >= 0.3 is 0 Å². The summed E-state index contributed by atoms with van der Waals surface area (Å²) in [7, 11) is 1.21. The summed E-state index contributed by atoms with van der Waals surface area (Å²) in [6.45, 7) is 0. The molecule has 0 radical (unpaired) electrons. The summed E-state index contributed by atoms with van der Waals surface area (Å²) >= 11 is 0. The fourth-order valence-electron chi connectivity index (χ4n) is 0.876. The van der Waals surface area contributed by atoms with Crippen LogP contribution in [0, 0.1) is 0 Å². The summed E-state index contributed by atoms with van der Waals surface area (Å²) < 4.78 is 0. The van der Waals surface area contributed by atoms with Crippen LogP contribution in [0.4, 0.5) is 0 Å². The van der Waals surface area contributed by atoms with Crippen molar-refractivity contribution in [3.05, 3.63) is 29.4 Å². The normalized spacial score (nSPS) is 24.4. The van der Waals surface area contributed by atoms with Crippen molar-refractivity contribution in [3.8, 4) is 0 Å². The van der Waals surface area contributed by atoms with Gasteiger partial charge in [0.05, 0.1) is 0 Å². The van der Waals surface area contributed by atoms with Crippen LogP contribution in [0.2, 0.25) is 0 Å². The van der Waals surface area contributed by atoms with Crippen LogP contribution in [0.25, 0.3) is 0 Å². The zero-order chi connectivity index (χ0) is 6.81. The van der Waals surface area contributed by atoms with E-state index in [1.807, 2.05) is 6.08 Å². The van der Waals surface area contributed by atoms with Crippen LogP contribution < -0.4 is 0 Å². The molecule has 0 saturated carbocycles. The van der Waals surface area contributed by atoms with Gasteiger partial charge in [-0.15, -0.1) is 0 Å². The maximum Gasteiger partial charge on any atom is 0.0324 e. The minimum atomic E-state index is -0.146. The third-order valence-electron chi connectivity index (χ3n) is 1.33. The largest absolute Gasteiger partial charge is 0.0929 e. The van der Waals surface area contributed by atoms with Crippen LogP contribution in [-0.4, -0.2) is 17.0 Å². The van der Waals surface area contributed by atoms with Gasteiger partial charge in [0.25, 0.3) is 0 Å². The van der Waals surface area contributed by atoms with Crippen molar-refractivity contribution < 1.29 is 0 Å². The number of allylic oxidation sites excluding steroid dienone is 4. The maximum absolute atomic E-state index is 3.32. The molecule has 2 heteroatoms. The second-order valence-corrected chi connectivity index (χ2v) is 5.17. The molecule has 0 aliphatic carbocycles. The first kappa shape index (κ1) is 6.20. The molecular weight excluding hydrogens is 158 g/mol. The highest BCUT2D eigenvalue weighted by Gasteiger charge is 1.94. The van der Waals surface area contributed by atoms with Gasteiger partial charge in [-0.1, -0.05) is 25.8 Å². The highest BCUT2D eigenvalue weighted by atomic mass is 31.1. The van der Waals surface area contributed by atoms with Gasteiger partial charge in [0.1, 0.15) is 0 Å². The molecule has 0 amide bonds. The Morgan fingerprint density at radius 2 is 2.40 bits per heavy atom. The van der Waals surface area contributed by atoms with E-state index in [4.69, 9.17) is 0 Å². The summed E-state index contributed by atoms with van der Waals surface area (Å²) in [5.41, 5.74) is 3.32. The molecule has 48 valence electrons. The lowest BCUT2D eigenvalue weighted by molar-refractivity contribution is 2.03. The Bertz CT molecular complexity index is 355. The molecule has 0 aromatic heterocycles. The molecular formula is C8H6P2. The van der Waals surface area contributed by atoms with Crippen molar-refractivity contribution in [2.24, 2.45) is 0 Å². The maximum atomic E-state index is 3.32. The predicted octanol–water partition coefficient (Wildman–Crippen LogP) is 2.40. The van der Waals surface area contributed by atoms with Gasteiger partial charge < -0.3 is 0 Å². The Morgan fingerprint density at radius 3 is 3.30 bits per heavy atom. The van der Waals surface area contributed by atoms with E-state index in [9.17, 15) is 0 Å². The quantitative estimate of drug-likeness (QED) is 0.482. The molecule has 0 saturated heterocycles. The molecule has 10 heavy (non-hydrogen) atoms. The average molecular weight is 164 g/mol. The SMILES string of the molecule is C1=CC=PC2=CC=CC=P=12. The second kappa shape index (κ2) is 2.60. The summed E-state index contributed by atoms with van der Waals surface area (Å²) in [6.07, 6.45) is 8.45. The van der Waals surface area contributed by atoms with E-state index >= 15 is 0 Å². The Morgan fingerprint density at radius 1 is 1.40 bits per heavy atom. The predicted molar refractivity (Wildman–Crippen MR) is 52.8 cm³/mol. The van der Waals surface area contributed by atoms with E-state index in [2.05, 4.69) is 35.3 Å². The second-order valence-electron chi connectivity index (χ2n) is 2.00. The molecule has 2 aliphatic rings. The highest BCUT2D eigenvalue weighted by molar-refractivity contribution is 7.74. The third kappa shape index (κ3) is 1.02. The van der Waals surface area contributed by atoms with Gasteiger partial charge in [0, 0.05) is 5.06 Å². The standard InChI is InChI=1S/C8H6P2/c1-2-6-10-7-3-5-9-8(10)4-1/h1-6H. The minimum Gasteiger partial charge on any atom is -0.0929 e. The van der Waals surface area contributed by atoms with Gasteiger partial charge in [-0.05, 0) is 30.9 Å². The Labute approximate surface area is 62.4 Å². The molecule has 0 N–H and O–H groups in total. The smallest absolute Gasteiger partial charge is 0.0324 e. The monoisotopic (exact) mass is 164 g/mol. The third-order valence-corrected chi connectivity index (χ3v) is 4.58. The first-order valence-electron chi connectivity index (χ1n) is 3.10. The van der Waals surface area contributed by atoms with Gasteiger partial charge in [0.15, 0.2) is 0 Å². The van der Waals surface area contributed by atoms with Crippen LogP contribution >= 0.6 is 15.4 Å². The number of hydrogen-bond acceptors (Lipinski definition) is 0. The first-order valence-corrected chi connectivity index (χ1v) is 5.47. The fraction of sp³-hybridized carbons (Fsp3) is 0. The molecule has 0 aromatic carbocycles. The molecule has 2 aliphatic heterocycles. The summed E-state index contributed by atoms with van der Waals surface area (Å²) in [5, 5.41) is 1.50. The molecule has 2 rings (SSSR count). The molecule has 1 atom stereocenters. The van der Waals surface area contributed by atoms with Gasteiger partial charge in [-0.25, -0.2) is 0 Å². The number of fused-ring (bicyclic) bond motifs is 1. The summed E-state index contributed by atoms with van der Waals surface area (Å²) in [6, 6.07) is 0. The molecule has 2 heterocycles. The first-order chi connectivity index (χ1) is 4.97. The van der Waals surface area contributed by atoms with Gasteiger partial charge in [-0.3, -0.25) is 0 Å². The Kier molecular flexibility index (Phi) is 1.61. The van der Waals surface area contributed by atoms with Gasteiger partial charge in [0.2, 0.25) is 0 Å². The molecule has 0 fully saturated rings.